The molecule has 0 saturated heterocycles. The lowest BCUT2D eigenvalue weighted by atomic mass is 9.87. The van der Waals surface area contributed by atoms with Crippen molar-refractivity contribution in [2.75, 3.05) is 11.1 Å². The molecular formula is C21H18N4O4S. The lowest BCUT2D eigenvalue weighted by Gasteiger charge is -2.24. The molecule has 2 aromatic carbocycles. The number of thioether (sulfide) groups is 1. The molecule has 2 amide bonds. The molecule has 3 rings (SSSR count). The molecule has 9 heteroatoms. The second kappa shape index (κ2) is 9.24. The summed E-state index contributed by atoms with van der Waals surface area (Å²) in [5.41, 5.74) is 2.36. The number of carbonyl (C=O) groups excluding carboxylic acids is 2. The van der Waals surface area contributed by atoms with Crippen LogP contribution in [-0.4, -0.2) is 22.5 Å². The van der Waals surface area contributed by atoms with Gasteiger partial charge in [-0.05, 0) is 30.2 Å². The first-order valence-electron chi connectivity index (χ1n) is 9.05. The third kappa shape index (κ3) is 5.04. The van der Waals surface area contributed by atoms with Gasteiger partial charge in [-0.15, -0.1) is 0 Å². The second-order valence-corrected chi connectivity index (χ2v) is 7.70. The number of benzene rings is 2. The van der Waals surface area contributed by atoms with Gasteiger partial charge in [0.05, 0.1) is 27.3 Å². The zero-order chi connectivity index (χ0) is 21.7. The molecular weight excluding hydrogens is 404 g/mol. The highest BCUT2D eigenvalue weighted by molar-refractivity contribution is 8.03. The fourth-order valence-corrected chi connectivity index (χ4v) is 4.01. The third-order valence-corrected chi connectivity index (χ3v) is 5.51. The predicted molar refractivity (Wildman–Crippen MR) is 114 cm³/mol. The fourth-order valence-electron chi connectivity index (χ4n) is 3.13. The molecule has 2 N–H and O–H groups in total. The van der Waals surface area contributed by atoms with E-state index in [0.29, 0.717) is 16.3 Å². The molecule has 30 heavy (non-hydrogen) atoms. The molecule has 0 saturated carbocycles. The molecule has 1 aliphatic heterocycles. The molecule has 0 spiro atoms. The average Bonchev–Trinajstić information content (AvgIpc) is 2.72. The Hall–Kier alpha value is -3.64. The Labute approximate surface area is 177 Å². The largest absolute Gasteiger partial charge is 0.325 e. The number of nitrogens with one attached hydrogen (secondary N) is 2. The smallest absolute Gasteiger partial charge is 0.269 e. The maximum absolute atomic E-state index is 12.3. The Kier molecular flexibility index (Phi) is 6.49. The van der Waals surface area contributed by atoms with Crippen LogP contribution in [0, 0.1) is 28.4 Å². The van der Waals surface area contributed by atoms with E-state index in [1.807, 2.05) is 25.1 Å². The van der Waals surface area contributed by atoms with E-state index < -0.39 is 10.8 Å². The van der Waals surface area contributed by atoms with E-state index in [0.717, 1.165) is 17.3 Å². The number of nitro benzene ring substituents is 1. The number of aryl methyl sites for hydroxylation is 1. The molecule has 0 aromatic heterocycles. The average molecular weight is 422 g/mol. The SMILES string of the molecule is Cc1cccc(NC(=O)CSC2=C(C#N)[C@H](c3cccc([N+](=O)[O-])c3)CC(=O)N2)c1. The number of anilines is 1. The second-order valence-electron chi connectivity index (χ2n) is 6.72. The zero-order valence-electron chi connectivity index (χ0n) is 16.0. The quantitative estimate of drug-likeness (QED) is 0.541. The normalized spacial score (nSPS) is 15.9. The van der Waals surface area contributed by atoms with Crippen LogP contribution in [0.3, 0.4) is 0 Å². The van der Waals surface area contributed by atoms with E-state index in [-0.39, 0.29) is 35.2 Å². The molecule has 1 heterocycles. The molecule has 0 fully saturated rings. The van der Waals surface area contributed by atoms with Gasteiger partial charge in [0, 0.05) is 30.2 Å². The standard InChI is InChI=1S/C21H18N4O4S/c1-13-4-2-6-15(8-13)23-20(27)12-30-21-18(11-22)17(10-19(26)24-21)14-5-3-7-16(9-14)25(28)29/h2-9,17H,10,12H2,1H3,(H,23,27)(H,24,26)/t17-/m0/s1. The number of nitriles is 1. The minimum Gasteiger partial charge on any atom is -0.325 e. The van der Waals surface area contributed by atoms with Crippen LogP contribution >= 0.6 is 11.8 Å². The van der Waals surface area contributed by atoms with Crippen LogP contribution in [-0.2, 0) is 9.59 Å². The number of rotatable bonds is 6. The first-order valence-corrected chi connectivity index (χ1v) is 10.0. The summed E-state index contributed by atoms with van der Waals surface area (Å²) >= 11 is 1.05. The third-order valence-electron chi connectivity index (χ3n) is 4.49. The molecule has 2 aromatic rings. The Morgan fingerprint density at radius 3 is 2.80 bits per heavy atom. The number of hydrogen-bond acceptors (Lipinski definition) is 6. The van der Waals surface area contributed by atoms with Crippen molar-refractivity contribution >= 4 is 35.0 Å². The van der Waals surface area contributed by atoms with Crippen molar-refractivity contribution in [1.29, 1.82) is 5.26 Å². The summed E-state index contributed by atoms with van der Waals surface area (Å²) in [5, 5.41) is 26.5. The van der Waals surface area contributed by atoms with Gasteiger partial charge in [0.25, 0.3) is 5.69 Å². The number of nitro groups is 1. The van der Waals surface area contributed by atoms with Crippen molar-refractivity contribution in [3.8, 4) is 6.07 Å². The Balaban J connectivity index is 1.79. The number of allylic oxidation sites excluding steroid dienone is 1. The van der Waals surface area contributed by atoms with Crippen LogP contribution in [0.2, 0.25) is 0 Å². The van der Waals surface area contributed by atoms with Crippen LogP contribution in [0.15, 0.2) is 59.1 Å². The highest BCUT2D eigenvalue weighted by Gasteiger charge is 2.30. The van der Waals surface area contributed by atoms with Gasteiger partial charge in [-0.3, -0.25) is 19.7 Å². The number of amides is 2. The summed E-state index contributed by atoms with van der Waals surface area (Å²) in [6.45, 7) is 1.92. The summed E-state index contributed by atoms with van der Waals surface area (Å²) in [4.78, 5) is 35.0. The maximum atomic E-state index is 12.3. The highest BCUT2D eigenvalue weighted by atomic mass is 32.2. The molecule has 0 bridgehead atoms. The van der Waals surface area contributed by atoms with E-state index >= 15 is 0 Å². The van der Waals surface area contributed by atoms with Gasteiger partial charge >= 0.3 is 0 Å². The monoisotopic (exact) mass is 422 g/mol. The number of nitrogens with zero attached hydrogens (tertiary/aromatic N) is 2. The topological polar surface area (TPSA) is 125 Å². The minimum atomic E-state index is -0.606. The van der Waals surface area contributed by atoms with E-state index in [9.17, 15) is 25.0 Å². The van der Waals surface area contributed by atoms with E-state index in [4.69, 9.17) is 0 Å². The fraction of sp³-hybridized carbons (Fsp3) is 0.190. The van der Waals surface area contributed by atoms with Crippen molar-refractivity contribution in [1.82, 2.24) is 5.32 Å². The lowest BCUT2D eigenvalue weighted by molar-refractivity contribution is -0.384. The Morgan fingerprint density at radius 1 is 1.33 bits per heavy atom. The van der Waals surface area contributed by atoms with Crippen LogP contribution in [0.5, 0.6) is 0 Å². The van der Waals surface area contributed by atoms with Crippen LogP contribution < -0.4 is 10.6 Å². The van der Waals surface area contributed by atoms with Gasteiger partial charge in [-0.25, -0.2) is 0 Å². The minimum absolute atomic E-state index is 0.00358. The van der Waals surface area contributed by atoms with Crippen LogP contribution in [0.1, 0.15) is 23.5 Å². The van der Waals surface area contributed by atoms with Crippen LogP contribution in [0.4, 0.5) is 11.4 Å². The zero-order valence-corrected chi connectivity index (χ0v) is 16.9. The van der Waals surface area contributed by atoms with Gasteiger partial charge in [0.2, 0.25) is 11.8 Å². The van der Waals surface area contributed by atoms with Crippen molar-refractivity contribution in [2.24, 2.45) is 0 Å². The van der Waals surface area contributed by atoms with Crippen molar-refractivity contribution in [3.05, 3.63) is 80.4 Å². The summed E-state index contributed by atoms with van der Waals surface area (Å²) in [7, 11) is 0. The summed E-state index contributed by atoms with van der Waals surface area (Å²) < 4.78 is 0. The number of non-ortho nitro benzene ring substituents is 1. The van der Waals surface area contributed by atoms with Gasteiger partial charge in [0.15, 0.2) is 0 Å². The molecule has 1 atom stereocenters. The molecule has 1 aliphatic rings. The lowest BCUT2D eigenvalue weighted by Crippen LogP contribution is -2.31. The van der Waals surface area contributed by atoms with Gasteiger partial charge in [-0.1, -0.05) is 36.0 Å². The molecule has 0 radical (unpaired) electrons. The molecule has 0 unspecified atom stereocenters. The Bertz CT molecular complexity index is 1090. The van der Waals surface area contributed by atoms with Crippen molar-refractivity contribution < 1.29 is 14.5 Å². The maximum Gasteiger partial charge on any atom is 0.269 e. The molecule has 152 valence electrons. The summed E-state index contributed by atoms with van der Waals surface area (Å²) in [6.07, 6.45) is 0.00358. The molecule has 0 aliphatic carbocycles. The van der Waals surface area contributed by atoms with Crippen molar-refractivity contribution in [2.45, 2.75) is 19.3 Å². The van der Waals surface area contributed by atoms with Crippen LogP contribution in [0.25, 0.3) is 0 Å². The van der Waals surface area contributed by atoms with Crippen molar-refractivity contribution in [3.63, 3.8) is 0 Å². The predicted octanol–water partition coefficient (Wildman–Crippen LogP) is 3.61. The highest BCUT2D eigenvalue weighted by Crippen LogP contribution is 2.36. The van der Waals surface area contributed by atoms with E-state index in [2.05, 4.69) is 16.7 Å². The number of carbonyl (C=O) groups is 2. The van der Waals surface area contributed by atoms with E-state index in [1.54, 1.807) is 12.1 Å². The van der Waals surface area contributed by atoms with Gasteiger partial charge in [-0.2, -0.15) is 5.26 Å². The van der Waals surface area contributed by atoms with Gasteiger partial charge < -0.3 is 10.6 Å². The number of hydrogen-bond donors (Lipinski definition) is 2. The van der Waals surface area contributed by atoms with Gasteiger partial charge in [0.1, 0.15) is 0 Å². The summed E-state index contributed by atoms with van der Waals surface area (Å²) in [5.74, 6) is -1.20. The first-order chi connectivity index (χ1) is 14.4. The van der Waals surface area contributed by atoms with E-state index in [1.165, 1.54) is 18.2 Å². The summed E-state index contributed by atoms with van der Waals surface area (Å²) in [6, 6.07) is 15.4. The first kappa shape index (κ1) is 21.1. The molecule has 8 nitrogen and oxygen atoms in total. The Morgan fingerprint density at radius 2 is 2.10 bits per heavy atom.